The van der Waals surface area contributed by atoms with E-state index >= 15 is 0 Å². The van der Waals surface area contributed by atoms with Gasteiger partial charge in [-0.2, -0.15) is 0 Å². The first-order valence-corrected chi connectivity index (χ1v) is 5.17. The van der Waals surface area contributed by atoms with Crippen molar-refractivity contribution >= 4 is 0 Å². The van der Waals surface area contributed by atoms with Crippen LogP contribution in [0.1, 0.15) is 25.8 Å². The molecule has 0 heterocycles. The molecule has 0 aliphatic carbocycles. The van der Waals surface area contributed by atoms with Gasteiger partial charge in [-0.15, -0.1) is 0 Å². The topological polar surface area (TPSA) is 20.2 Å². The molecule has 1 unspecified atom stereocenters. The Morgan fingerprint density at radius 3 is 2.50 bits per heavy atom. The van der Waals surface area contributed by atoms with E-state index < -0.39 is 0 Å². The third-order valence-electron chi connectivity index (χ3n) is 2.19. The van der Waals surface area contributed by atoms with E-state index in [-0.39, 0.29) is 0 Å². The first-order chi connectivity index (χ1) is 6.72. The zero-order valence-electron chi connectivity index (χ0n) is 8.90. The molecule has 0 aliphatic heterocycles. The van der Waals surface area contributed by atoms with E-state index in [2.05, 4.69) is 26.0 Å². The van der Waals surface area contributed by atoms with Crippen LogP contribution < -0.4 is 0 Å². The Morgan fingerprint density at radius 2 is 1.93 bits per heavy atom. The lowest BCUT2D eigenvalue weighted by Crippen LogP contribution is -1.95. The highest BCUT2D eigenvalue weighted by molar-refractivity contribution is 5.26. The van der Waals surface area contributed by atoms with Crippen LogP contribution in [0.25, 0.3) is 0 Å². The molecule has 14 heavy (non-hydrogen) atoms. The average molecular weight is 190 g/mol. The maximum Gasteiger partial charge on any atom is 0.115 e. The van der Waals surface area contributed by atoms with Crippen LogP contribution in [0, 0.1) is 5.92 Å². The van der Waals surface area contributed by atoms with Gasteiger partial charge in [0.2, 0.25) is 0 Å². The smallest absolute Gasteiger partial charge is 0.115 e. The Morgan fingerprint density at radius 1 is 1.29 bits per heavy atom. The highest BCUT2D eigenvalue weighted by atomic mass is 16.3. The number of hydrogen-bond acceptors (Lipinski definition) is 1. The van der Waals surface area contributed by atoms with Crippen LogP contribution >= 0.6 is 0 Å². The number of phenolic OH excluding ortho intramolecular Hbond substituents is 1. The second kappa shape index (κ2) is 5.48. The van der Waals surface area contributed by atoms with Crippen molar-refractivity contribution in [1.29, 1.82) is 0 Å². The summed E-state index contributed by atoms with van der Waals surface area (Å²) in [5, 5.41) is 9.12. The Labute approximate surface area is 86.1 Å². The van der Waals surface area contributed by atoms with Crippen LogP contribution in [-0.4, -0.2) is 5.11 Å². The predicted molar refractivity (Wildman–Crippen MR) is 60.4 cm³/mol. The molecular formula is C13H18O. The highest BCUT2D eigenvalue weighted by Crippen LogP contribution is 2.14. The maximum absolute atomic E-state index is 9.12. The monoisotopic (exact) mass is 190 g/mol. The van der Waals surface area contributed by atoms with Crippen molar-refractivity contribution in [2.75, 3.05) is 0 Å². The Bertz CT molecular complexity index is 285. The fraction of sp³-hybridized carbons (Fsp3) is 0.385. The van der Waals surface area contributed by atoms with Crippen molar-refractivity contribution in [1.82, 2.24) is 0 Å². The molecular weight excluding hydrogens is 172 g/mol. The van der Waals surface area contributed by atoms with Crippen LogP contribution in [0.15, 0.2) is 36.4 Å². The van der Waals surface area contributed by atoms with E-state index in [0.717, 1.165) is 12.8 Å². The van der Waals surface area contributed by atoms with Crippen molar-refractivity contribution < 1.29 is 5.11 Å². The second-order valence-electron chi connectivity index (χ2n) is 3.68. The largest absolute Gasteiger partial charge is 0.508 e. The molecule has 1 N–H and O–H groups in total. The number of phenols is 1. The molecule has 0 aliphatic rings. The van der Waals surface area contributed by atoms with Gasteiger partial charge >= 0.3 is 0 Å². The summed E-state index contributed by atoms with van der Waals surface area (Å²) in [6.07, 6.45) is 6.58. The van der Waals surface area contributed by atoms with Gasteiger partial charge in [0.1, 0.15) is 5.75 Å². The maximum atomic E-state index is 9.12. The molecule has 0 amide bonds. The lowest BCUT2D eigenvalue weighted by molar-refractivity contribution is 0.475. The van der Waals surface area contributed by atoms with Gasteiger partial charge < -0.3 is 5.11 Å². The zero-order valence-corrected chi connectivity index (χ0v) is 8.90. The average Bonchev–Trinajstić information content (AvgIpc) is 2.18. The highest BCUT2D eigenvalue weighted by Gasteiger charge is 1.99. The molecule has 1 aromatic rings. The van der Waals surface area contributed by atoms with Gasteiger partial charge in [0.15, 0.2) is 0 Å². The summed E-state index contributed by atoms with van der Waals surface area (Å²) < 4.78 is 0. The van der Waals surface area contributed by atoms with Crippen LogP contribution in [0.3, 0.4) is 0 Å². The summed E-state index contributed by atoms with van der Waals surface area (Å²) in [5.74, 6) is 0.907. The molecule has 0 saturated heterocycles. The normalized spacial score (nSPS) is 13.3. The molecule has 0 spiro atoms. The van der Waals surface area contributed by atoms with Crippen molar-refractivity contribution in [3.8, 4) is 5.75 Å². The van der Waals surface area contributed by atoms with Gasteiger partial charge in [0.05, 0.1) is 0 Å². The van der Waals surface area contributed by atoms with Gasteiger partial charge in [0.25, 0.3) is 0 Å². The van der Waals surface area contributed by atoms with Crippen LogP contribution in [0.2, 0.25) is 0 Å². The summed E-state index contributed by atoms with van der Waals surface area (Å²) in [7, 11) is 0. The first kappa shape index (κ1) is 10.8. The molecule has 0 radical (unpaired) electrons. The molecule has 0 fully saturated rings. The Kier molecular flexibility index (Phi) is 4.24. The van der Waals surface area contributed by atoms with Crippen molar-refractivity contribution in [2.24, 2.45) is 5.92 Å². The van der Waals surface area contributed by atoms with Crippen LogP contribution in [-0.2, 0) is 6.42 Å². The van der Waals surface area contributed by atoms with Crippen LogP contribution in [0.5, 0.6) is 5.75 Å². The molecule has 0 aromatic heterocycles. The summed E-state index contributed by atoms with van der Waals surface area (Å²) >= 11 is 0. The summed E-state index contributed by atoms with van der Waals surface area (Å²) in [4.78, 5) is 0. The molecule has 0 bridgehead atoms. The van der Waals surface area contributed by atoms with E-state index in [1.54, 1.807) is 12.1 Å². The minimum absolute atomic E-state index is 0.338. The molecule has 1 atom stereocenters. The number of benzene rings is 1. The predicted octanol–water partition coefficient (Wildman–Crippen LogP) is 3.54. The van der Waals surface area contributed by atoms with Gasteiger partial charge in [-0.1, -0.05) is 38.1 Å². The fourth-order valence-electron chi connectivity index (χ4n) is 1.44. The van der Waals surface area contributed by atoms with Gasteiger partial charge in [-0.05, 0) is 36.5 Å². The van der Waals surface area contributed by atoms with Crippen molar-refractivity contribution in [3.05, 3.63) is 42.0 Å². The molecule has 76 valence electrons. The number of rotatable bonds is 4. The molecule has 1 heteroatoms. The summed E-state index contributed by atoms with van der Waals surface area (Å²) in [6, 6.07) is 7.44. The first-order valence-electron chi connectivity index (χ1n) is 5.17. The third-order valence-corrected chi connectivity index (χ3v) is 2.19. The van der Waals surface area contributed by atoms with Crippen LogP contribution in [0.4, 0.5) is 0 Å². The Hall–Kier alpha value is -1.24. The zero-order chi connectivity index (χ0) is 10.4. The third kappa shape index (κ3) is 3.65. The standard InChI is InChI=1S/C13H18O/c1-3-4-5-11(2)10-12-6-8-13(14)9-7-12/h4-9,11,14H,3,10H2,1-2H3/b5-4-. The van der Waals surface area contributed by atoms with E-state index in [9.17, 15) is 0 Å². The lowest BCUT2D eigenvalue weighted by Gasteiger charge is -2.06. The van der Waals surface area contributed by atoms with E-state index in [1.165, 1.54) is 5.56 Å². The molecule has 1 rings (SSSR count). The molecule has 1 nitrogen and oxygen atoms in total. The minimum atomic E-state index is 0.338. The minimum Gasteiger partial charge on any atom is -0.508 e. The van der Waals surface area contributed by atoms with E-state index in [1.807, 2.05) is 12.1 Å². The quantitative estimate of drug-likeness (QED) is 0.720. The summed E-state index contributed by atoms with van der Waals surface area (Å²) in [6.45, 7) is 4.35. The number of hydrogen-bond donors (Lipinski definition) is 1. The Balaban J connectivity index is 2.51. The van der Waals surface area contributed by atoms with Crippen molar-refractivity contribution in [3.63, 3.8) is 0 Å². The SMILES string of the molecule is CC/C=C\C(C)Cc1ccc(O)cc1. The van der Waals surface area contributed by atoms with Gasteiger partial charge in [0, 0.05) is 0 Å². The second-order valence-corrected chi connectivity index (χ2v) is 3.68. The molecule has 0 saturated carbocycles. The number of aromatic hydroxyl groups is 1. The van der Waals surface area contributed by atoms with E-state index in [4.69, 9.17) is 5.11 Å². The van der Waals surface area contributed by atoms with E-state index in [0.29, 0.717) is 11.7 Å². The molecule has 1 aromatic carbocycles. The van der Waals surface area contributed by atoms with Gasteiger partial charge in [-0.25, -0.2) is 0 Å². The summed E-state index contributed by atoms with van der Waals surface area (Å²) in [5.41, 5.74) is 1.27. The number of allylic oxidation sites excluding steroid dienone is 2. The van der Waals surface area contributed by atoms with Crippen molar-refractivity contribution in [2.45, 2.75) is 26.7 Å². The van der Waals surface area contributed by atoms with Gasteiger partial charge in [-0.3, -0.25) is 0 Å². The fourth-order valence-corrected chi connectivity index (χ4v) is 1.44. The lowest BCUT2D eigenvalue weighted by atomic mass is 10.0.